The Balaban J connectivity index is 0.00000240. The highest BCUT2D eigenvalue weighted by molar-refractivity contribution is 14.0. The van der Waals surface area contributed by atoms with Gasteiger partial charge in [0.2, 0.25) is 0 Å². The fourth-order valence-corrected chi connectivity index (χ4v) is 4.44. The van der Waals surface area contributed by atoms with Crippen molar-refractivity contribution >= 4 is 29.9 Å². The van der Waals surface area contributed by atoms with E-state index < -0.39 is 0 Å². The second kappa shape index (κ2) is 8.99. The molecule has 2 heterocycles. The molecule has 1 aromatic carbocycles. The Kier molecular flexibility index (Phi) is 6.83. The van der Waals surface area contributed by atoms with E-state index in [1.165, 1.54) is 5.56 Å². The lowest BCUT2D eigenvalue weighted by molar-refractivity contribution is -0.106. The molecule has 4 rings (SSSR count). The quantitative estimate of drug-likeness (QED) is 0.368. The molecule has 0 amide bonds. The second-order valence-electron chi connectivity index (χ2n) is 8.41. The SMILES string of the molecule is Cc1nnc(CNC(=NCc2ccccc2)NC2C3CCOC3C2(C)C)n1C.I. The van der Waals surface area contributed by atoms with Crippen molar-refractivity contribution in [3.8, 4) is 0 Å². The minimum absolute atomic E-state index is 0. The first-order chi connectivity index (χ1) is 13.5. The predicted octanol–water partition coefficient (Wildman–Crippen LogP) is 2.79. The maximum absolute atomic E-state index is 5.93. The third kappa shape index (κ3) is 4.42. The maximum Gasteiger partial charge on any atom is 0.192 e. The molecule has 1 aromatic heterocycles. The van der Waals surface area contributed by atoms with E-state index in [9.17, 15) is 0 Å². The first-order valence-electron chi connectivity index (χ1n) is 10.0. The van der Waals surface area contributed by atoms with Crippen molar-refractivity contribution in [3.05, 3.63) is 47.5 Å². The van der Waals surface area contributed by atoms with Crippen molar-refractivity contribution in [2.75, 3.05) is 6.61 Å². The Morgan fingerprint density at radius 3 is 2.72 bits per heavy atom. The van der Waals surface area contributed by atoms with E-state index in [0.717, 1.165) is 30.6 Å². The molecular weight excluding hydrogens is 479 g/mol. The topological polar surface area (TPSA) is 76.4 Å². The van der Waals surface area contributed by atoms with Crippen LogP contribution in [0.3, 0.4) is 0 Å². The van der Waals surface area contributed by atoms with E-state index in [0.29, 0.717) is 31.2 Å². The van der Waals surface area contributed by atoms with Gasteiger partial charge in [-0.05, 0) is 18.9 Å². The summed E-state index contributed by atoms with van der Waals surface area (Å²) in [6.07, 6.45) is 1.46. The van der Waals surface area contributed by atoms with E-state index in [1.807, 2.05) is 36.7 Å². The predicted molar refractivity (Wildman–Crippen MR) is 124 cm³/mol. The van der Waals surface area contributed by atoms with Crippen molar-refractivity contribution < 1.29 is 4.74 Å². The zero-order chi connectivity index (χ0) is 19.7. The minimum atomic E-state index is 0. The number of rotatable bonds is 5. The first-order valence-corrected chi connectivity index (χ1v) is 10.0. The number of halogens is 1. The van der Waals surface area contributed by atoms with Crippen molar-refractivity contribution in [1.82, 2.24) is 25.4 Å². The molecule has 2 N–H and O–H groups in total. The van der Waals surface area contributed by atoms with Gasteiger partial charge in [0.25, 0.3) is 0 Å². The largest absolute Gasteiger partial charge is 0.377 e. The molecule has 158 valence electrons. The van der Waals surface area contributed by atoms with Gasteiger partial charge in [-0.1, -0.05) is 44.2 Å². The second-order valence-corrected chi connectivity index (χ2v) is 8.41. The van der Waals surface area contributed by atoms with Gasteiger partial charge in [-0.25, -0.2) is 4.99 Å². The Morgan fingerprint density at radius 2 is 2.03 bits per heavy atom. The van der Waals surface area contributed by atoms with Crippen LogP contribution in [-0.2, 0) is 24.9 Å². The number of hydrogen-bond acceptors (Lipinski definition) is 4. The lowest BCUT2D eigenvalue weighted by atomic mass is 9.57. The molecular formula is C21H31IN6O. The molecule has 1 saturated heterocycles. The summed E-state index contributed by atoms with van der Waals surface area (Å²) in [5.74, 6) is 3.16. The molecule has 3 unspecified atom stereocenters. The van der Waals surface area contributed by atoms with Crippen LogP contribution in [-0.4, -0.2) is 39.5 Å². The van der Waals surface area contributed by atoms with Crippen molar-refractivity contribution in [2.24, 2.45) is 23.4 Å². The van der Waals surface area contributed by atoms with Gasteiger partial charge in [0.05, 0.1) is 19.2 Å². The molecule has 3 atom stereocenters. The number of hydrogen-bond donors (Lipinski definition) is 2. The average Bonchev–Trinajstić information content (AvgIpc) is 3.28. The van der Waals surface area contributed by atoms with Crippen LogP contribution in [0.15, 0.2) is 35.3 Å². The number of ether oxygens (including phenoxy) is 1. The summed E-state index contributed by atoms with van der Waals surface area (Å²) >= 11 is 0. The highest BCUT2D eigenvalue weighted by Gasteiger charge is 2.59. The zero-order valence-electron chi connectivity index (χ0n) is 17.6. The monoisotopic (exact) mass is 510 g/mol. The van der Waals surface area contributed by atoms with Gasteiger partial charge in [-0.2, -0.15) is 0 Å². The standard InChI is InChI=1S/C21H30N6O.HI/c1-14-25-26-17(27(14)4)13-23-20(22-12-15-8-6-5-7-9-15)24-18-16-10-11-28-19(16)21(18,2)3;/h5-9,16,18-19H,10-13H2,1-4H3,(H2,22,23,24);1H. The Hall–Kier alpha value is -1.68. The van der Waals surface area contributed by atoms with E-state index in [-0.39, 0.29) is 29.4 Å². The van der Waals surface area contributed by atoms with E-state index in [4.69, 9.17) is 9.73 Å². The zero-order valence-corrected chi connectivity index (χ0v) is 19.9. The number of fused-ring (bicyclic) bond motifs is 1. The number of benzene rings is 1. The van der Waals surface area contributed by atoms with Gasteiger partial charge < -0.3 is 19.9 Å². The van der Waals surface area contributed by atoms with Crippen LogP contribution in [0.4, 0.5) is 0 Å². The van der Waals surface area contributed by atoms with Gasteiger partial charge >= 0.3 is 0 Å². The lowest BCUT2D eigenvalue weighted by Gasteiger charge is -2.54. The van der Waals surface area contributed by atoms with Gasteiger partial charge in [-0.3, -0.25) is 0 Å². The molecule has 0 bridgehead atoms. The summed E-state index contributed by atoms with van der Waals surface area (Å²) in [5, 5.41) is 15.5. The molecule has 1 saturated carbocycles. The van der Waals surface area contributed by atoms with Gasteiger partial charge in [0.15, 0.2) is 11.8 Å². The Bertz CT molecular complexity index is 850. The molecule has 7 nitrogen and oxygen atoms in total. The third-order valence-electron chi connectivity index (χ3n) is 6.25. The average molecular weight is 510 g/mol. The highest BCUT2D eigenvalue weighted by Crippen LogP contribution is 2.52. The molecule has 2 aromatic rings. The number of aryl methyl sites for hydroxylation is 1. The van der Waals surface area contributed by atoms with Crippen molar-refractivity contribution in [3.63, 3.8) is 0 Å². The van der Waals surface area contributed by atoms with Crippen molar-refractivity contribution in [1.29, 1.82) is 0 Å². The summed E-state index contributed by atoms with van der Waals surface area (Å²) in [6, 6.07) is 10.7. The van der Waals surface area contributed by atoms with Gasteiger partial charge in [0.1, 0.15) is 5.82 Å². The van der Waals surface area contributed by atoms with Gasteiger partial charge in [0, 0.05) is 31.0 Å². The highest BCUT2D eigenvalue weighted by atomic mass is 127. The van der Waals surface area contributed by atoms with E-state index in [1.54, 1.807) is 0 Å². The molecule has 0 spiro atoms. The van der Waals surface area contributed by atoms with Crippen LogP contribution in [0, 0.1) is 18.3 Å². The lowest BCUT2D eigenvalue weighted by Crippen LogP contribution is -2.67. The van der Waals surface area contributed by atoms with Crippen LogP contribution in [0.2, 0.25) is 0 Å². The van der Waals surface area contributed by atoms with Crippen LogP contribution in [0.1, 0.15) is 37.5 Å². The summed E-state index contributed by atoms with van der Waals surface area (Å²) in [6.45, 7) is 8.58. The fourth-order valence-electron chi connectivity index (χ4n) is 4.44. The third-order valence-corrected chi connectivity index (χ3v) is 6.25. The molecule has 1 aliphatic heterocycles. The molecule has 29 heavy (non-hydrogen) atoms. The summed E-state index contributed by atoms with van der Waals surface area (Å²) < 4.78 is 7.93. The Morgan fingerprint density at radius 1 is 1.28 bits per heavy atom. The summed E-state index contributed by atoms with van der Waals surface area (Å²) in [5.41, 5.74) is 1.28. The summed E-state index contributed by atoms with van der Waals surface area (Å²) in [4.78, 5) is 4.84. The molecule has 2 aliphatic rings. The molecule has 8 heteroatoms. The number of aliphatic imine (C=N–C) groups is 1. The molecule has 2 fully saturated rings. The van der Waals surface area contributed by atoms with Gasteiger partial charge in [-0.15, -0.1) is 34.2 Å². The van der Waals surface area contributed by atoms with E-state index in [2.05, 4.69) is 46.8 Å². The summed E-state index contributed by atoms with van der Waals surface area (Å²) in [7, 11) is 1.98. The smallest absolute Gasteiger partial charge is 0.192 e. The van der Waals surface area contributed by atoms with Crippen LogP contribution < -0.4 is 10.6 Å². The number of aromatic nitrogens is 3. The fraction of sp³-hybridized carbons (Fsp3) is 0.571. The normalized spacial score (nSPS) is 25.0. The Labute approximate surface area is 189 Å². The molecule has 1 aliphatic carbocycles. The first kappa shape index (κ1) is 22.0. The minimum Gasteiger partial charge on any atom is -0.377 e. The van der Waals surface area contributed by atoms with Crippen LogP contribution >= 0.6 is 24.0 Å². The molecule has 0 radical (unpaired) electrons. The number of nitrogens with one attached hydrogen (secondary N) is 2. The number of nitrogens with zero attached hydrogens (tertiary/aromatic N) is 4. The number of guanidine groups is 1. The van der Waals surface area contributed by atoms with E-state index >= 15 is 0 Å². The van der Waals surface area contributed by atoms with Crippen LogP contribution in [0.5, 0.6) is 0 Å². The van der Waals surface area contributed by atoms with Crippen LogP contribution in [0.25, 0.3) is 0 Å². The van der Waals surface area contributed by atoms with Crippen molar-refractivity contribution in [2.45, 2.75) is 52.4 Å². The maximum atomic E-state index is 5.93.